The van der Waals surface area contributed by atoms with E-state index in [0.717, 1.165) is 48.8 Å². The van der Waals surface area contributed by atoms with Gasteiger partial charge in [0.1, 0.15) is 11.6 Å². The van der Waals surface area contributed by atoms with E-state index in [9.17, 15) is 19.8 Å². The molecule has 0 saturated heterocycles. The van der Waals surface area contributed by atoms with E-state index in [0.29, 0.717) is 18.6 Å². The van der Waals surface area contributed by atoms with Crippen LogP contribution in [0, 0.1) is 35.5 Å². The van der Waals surface area contributed by atoms with Gasteiger partial charge in [-0.15, -0.1) is 0 Å². The second-order valence-electron chi connectivity index (χ2n) is 10.9. The van der Waals surface area contributed by atoms with E-state index in [2.05, 4.69) is 18.8 Å². The number of rotatable bonds is 6. The van der Waals surface area contributed by atoms with Gasteiger partial charge in [0.25, 0.3) is 0 Å². The van der Waals surface area contributed by atoms with Gasteiger partial charge in [-0.05, 0) is 66.3 Å². The number of aliphatic hydroxyl groups excluding tert-OH is 1. The fourth-order valence-corrected chi connectivity index (χ4v) is 6.35. The zero-order chi connectivity index (χ0) is 27.1. The molecule has 0 amide bonds. The standard InChI is InChI=1S/C33H40O5/c1-3-8-26(21-34)24-12-7-11-23-14-16-28(22-9-5-4-6-10-22)29-20-32(37)33(38-2)18-25(29)13-15-27(35)19-31(36)30(23)17-24/h4-6,9-10,18,20,23-24,26,28,30,34,37H,3,7-8,11-13,15,17,19,21H2,1-2H3/t23-,24-,26+,28-,30+/m0/s1. The molecule has 5 heteroatoms. The molecule has 202 valence electrons. The maximum absolute atomic E-state index is 13.6. The van der Waals surface area contributed by atoms with Crippen molar-refractivity contribution in [2.24, 2.45) is 23.7 Å². The number of benzene rings is 2. The molecule has 5 nitrogen and oxygen atoms in total. The van der Waals surface area contributed by atoms with Crippen molar-refractivity contribution in [2.75, 3.05) is 13.7 Å². The molecule has 2 aliphatic carbocycles. The molecule has 0 unspecified atom stereocenters. The Labute approximate surface area is 226 Å². The van der Waals surface area contributed by atoms with Crippen molar-refractivity contribution >= 4 is 11.6 Å². The molecule has 1 fully saturated rings. The first-order chi connectivity index (χ1) is 18.4. The van der Waals surface area contributed by atoms with Gasteiger partial charge >= 0.3 is 0 Å². The number of Topliss-reactive ketones (excluding diaryl/α,β-unsaturated/α-hetero) is 2. The number of carbonyl (C=O) groups is 2. The van der Waals surface area contributed by atoms with Gasteiger partial charge in [0.2, 0.25) is 0 Å². The highest BCUT2D eigenvalue weighted by molar-refractivity contribution is 6.00. The van der Waals surface area contributed by atoms with E-state index in [-0.39, 0.29) is 66.4 Å². The maximum Gasteiger partial charge on any atom is 0.160 e. The minimum Gasteiger partial charge on any atom is -0.504 e. The molecule has 4 rings (SSSR count). The van der Waals surface area contributed by atoms with Crippen LogP contribution in [-0.4, -0.2) is 35.5 Å². The van der Waals surface area contributed by atoms with Crippen molar-refractivity contribution in [1.82, 2.24) is 0 Å². The van der Waals surface area contributed by atoms with Gasteiger partial charge in [-0.25, -0.2) is 0 Å². The van der Waals surface area contributed by atoms with E-state index in [1.807, 2.05) is 30.3 Å². The first kappa shape index (κ1) is 27.9. The third kappa shape index (κ3) is 6.48. The van der Waals surface area contributed by atoms with Crippen molar-refractivity contribution in [3.8, 4) is 23.3 Å². The number of hydrogen-bond acceptors (Lipinski definition) is 5. The lowest BCUT2D eigenvalue weighted by Gasteiger charge is -2.28. The van der Waals surface area contributed by atoms with E-state index < -0.39 is 0 Å². The number of aliphatic hydroxyl groups is 1. The Kier molecular flexibility index (Phi) is 9.63. The SMILES string of the molecule is CCC[C@H](CO)[C@H]1CCC[C@H]2C#C[C@@H](c3ccccc3)c3cc(O)c(OC)cc3CCC(=O)CC(=O)[C@@H]2C1. The highest BCUT2D eigenvalue weighted by Gasteiger charge is 2.36. The Morgan fingerprint density at radius 2 is 1.87 bits per heavy atom. The molecule has 2 aromatic rings. The molecule has 0 aliphatic heterocycles. The number of aryl methyl sites for hydroxylation is 1. The highest BCUT2D eigenvalue weighted by Crippen LogP contribution is 2.40. The molecule has 0 heterocycles. The van der Waals surface area contributed by atoms with Crippen LogP contribution in [0.2, 0.25) is 0 Å². The molecule has 0 aromatic heterocycles. The van der Waals surface area contributed by atoms with Gasteiger partial charge in [-0.2, -0.15) is 0 Å². The number of aromatic hydroxyl groups is 1. The topological polar surface area (TPSA) is 83.8 Å². The fourth-order valence-electron chi connectivity index (χ4n) is 6.35. The summed E-state index contributed by atoms with van der Waals surface area (Å²) in [6.45, 7) is 2.26. The molecular weight excluding hydrogens is 476 g/mol. The van der Waals surface area contributed by atoms with Crippen molar-refractivity contribution in [1.29, 1.82) is 0 Å². The third-order valence-electron chi connectivity index (χ3n) is 8.45. The molecule has 2 aliphatic rings. The predicted octanol–water partition coefficient (Wildman–Crippen LogP) is 5.84. The quantitative estimate of drug-likeness (QED) is 0.372. The lowest BCUT2D eigenvalue weighted by atomic mass is 9.76. The third-order valence-corrected chi connectivity index (χ3v) is 8.45. The molecular formula is C33H40O5. The van der Waals surface area contributed by atoms with Crippen LogP contribution in [-0.2, 0) is 16.0 Å². The number of hydrogen-bond donors (Lipinski definition) is 2. The van der Waals surface area contributed by atoms with Gasteiger partial charge in [0, 0.05) is 24.9 Å². The van der Waals surface area contributed by atoms with Crippen molar-refractivity contribution in [2.45, 2.75) is 70.6 Å². The first-order valence-corrected chi connectivity index (χ1v) is 14.1. The smallest absolute Gasteiger partial charge is 0.160 e. The number of phenolic OH excluding ortho intramolecular Hbond substituents is 1. The van der Waals surface area contributed by atoms with Crippen LogP contribution >= 0.6 is 0 Å². The van der Waals surface area contributed by atoms with E-state index in [1.54, 1.807) is 12.1 Å². The summed E-state index contributed by atoms with van der Waals surface area (Å²) in [6, 6.07) is 13.5. The number of methoxy groups -OCH3 is 1. The van der Waals surface area contributed by atoms with Crippen LogP contribution in [0.3, 0.4) is 0 Å². The Morgan fingerprint density at radius 1 is 1.08 bits per heavy atom. The van der Waals surface area contributed by atoms with Crippen LogP contribution < -0.4 is 4.74 Å². The van der Waals surface area contributed by atoms with Crippen LogP contribution in [0.25, 0.3) is 0 Å². The molecule has 0 spiro atoms. The Morgan fingerprint density at radius 3 is 2.58 bits per heavy atom. The summed E-state index contributed by atoms with van der Waals surface area (Å²) < 4.78 is 5.37. The summed E-state index contributed by atoms with van der Waals surface area (Å²) in [6.07, 6.45) is 5.98. The van der Waals surface area contributed by atoms with Crippen LogP contribution in [0.5, 0.6) is 11.5 Å². The first-order valence-electron chi connectivity index (χ1n) is 14.1. The van der Waals surface area contributed by atoms with Crippen LogP contribution in [0.15, 0.2) is 42.5 Å². The van der Waals surface area contributed by atoms with Crippen molar-refractivity contribution in [3.05, 3.63) is 59.2 Å². The van der Waals surface area contributed by atoms with E-state index in [4.69, 9.17) is 4.74 Å². The Hall–Kier alpha value is -3.10. The number of phenols is 1. The minimum atomic E-state index is -0.308. The normalized spacial score (nSPS) is 24.9. The monoisotopic (exact) mass is 516 g/mol. The number of fused-ring (bicyclic) bond motifs is 2. The van der Waals surface area contributed by atoms with Gasteiger partial charge in [-0.1, -0.05) is 68.4 Å². The number of carbonyl (C=O) groups excluding carboxylic acids is 2. The summed E-state index contributed by atoms with van der Waals surface area (Å²) in [5.41, 5.74) is 2.77. The zero-order valence-electron chi connectivity index (χ0n) is 22.6. The lowest BCUT2D eigenvalue weighted by molar-refractivity contribution is -0.130. The molecule has 2 N–H and O–H groups in total. The molecule has 0 radical (unpaired) electrons. The minimum absolute atomic E-state index is 0.00488. The largest absolute Gasteiger partial charge is 0.504 e. The molecule has 2 aromatic carbocycles. The molecule has 38 heavy (non-hydrogen) atoms. The average molecular weight is 517 g/mol. The van der Waals surface area contributed by atoms with Crippen LogP contribution in [0.4, 0.5) is 0 Å². The van der Waals surface area contributed by atoms with Crippen LogP contribution in [0.1, 0.15) is 80.9 Å². The Bertz CT molecular complexity index is 1180. The highest BCUT2D eigenvalue weighted by atomic mass is 16.5. The van der Waals surface area contributed by atoms with Gasteiger partial charge in [0.05, 0.1) is 19.4 Å². The van der Waals surface area contributed by atoms with Crippen molar-refractivity contribution < 1.29 is 24.5 Å². The second-order valence-corrected chi connectivity index (χ2v) is 10.9. The predicted molar refractivity (Wildman–Crippen MR) is 148 cm³/mol. The second kappa shape index (κ2) is 13.1. The van der Waals surface area contributed by atoms with E-state index in [1.165, 1.54) is 7.11 Å². The molecule has 5 atom stereocenters. The summed E-state index contributed by atoms with van der Waals surface area (Å²) in [5, 5.41) is 20.7. The average Bonchev–Trinajstić information content (AvgIpc) is 3.14. The Balaban J connectivity index is 1.81. The van der Waals surface area contributed by atoms with Gasteiger partial charge < -0.3 is 14.9 Å². The zero-order valence-corrected chi connectivity index (χ0v) is 22.6. The number of ketones is 2. The summed E-state index contributed by atoms with van der Waals surface area (Å²) in [5.74, 6) is 7.07. The summed E-state index contributed by atoms with van der Waals surface area (Å²) in [7, 11) is 1.51. The number of ether oxygens (including phenoxy) is 1. The van der Waals surface area contributed by atoms with Crippen molar-refractivity contribution in [3.63, 3.8) is 0 Å². The lowest BCUT2D eigenvalue weighted by Crippen LogP contribution is -2.29. The van der Waals surface area contributed by atoms with Gasteiger partial charge in [0.15, 0.2) is 11.5 Å². The van der Waals surface area contributed by atoms with Gasteiger partial charge in [-0.3, -0.25) is 9.59 Å². The summed E-state index contributed by atoms with van der Waals surface area (Å²) >= 11 is 0. The fraction of sp³-hybridized carbons (Fsp3) is 0.515. The van der Waals surface area contributed by atoms with E-state index >= 15 is 0 Å². The maximum atomic E-state index is 13.6. The molecule has 1 saturated carbocycles. The molecule has 0 bridgehead atoms. The summed E-state index contributed by atoms with van der Waals surface area (Å²) in [4.78, 5) is 26.6.